The third-order valence-electron chi connectivity index (χ3n) is 3.72. The molecule has 0 saturated heterocycles. The molecule has 14 heavy (non-hydrogen) atoms. The van der Waals surface area contributed by atoms with E-state index in [0.717, 1.165) is 18.2 Å². The third kappa shape index (κ3) is 3.13. The second kappa shape index (κ2) is 4.40. The maximum absolute atomic E-state index is 6.07. The van der Waals surface area contributed by atoms with Crippen LogP contribution in [-0.2, 0) is 4.74 Å². The molecule has 0 aromatic heterocycles. The third-order valence-corrected chi connectivity index (χ3v) is 4.33. The van der Waals surface area contributed by atoms with Crippen LogP contribution in [0.4, 0.5) is 0 Å². The number of hydrogen-bond donors (Lipinski definition) is 0. The summed E-state index contributed by atoms with van der Waals surface area (Å²) < 4.78 is 5.43. The largest absolute Gasteiger partial charge is 0.379 e. The Bertz CT molecular complexity index is 187. The fraction of sp³-hybridized carbons (Fsp3) is 1.00. The van der Waals surface area contributed by atoms with E-state index in [1.165, 1.54) is 19.3 Å². The number of hydrogen-bond acceptors (Lipinski definition) is 1. The molecule has 0 bridgehead atoms. The van der Waals surface area contributed by atoms with Crippen molar-refractivity contribution < 1.29 is 4.74 Å². The van der Waals surface area contributed by atoms with E-state index < -0.39 is 0 Å². The van der Waals surface area contributed by atoms with Gasteiger partial charge in [0, 0.05) is 13.0 Å². The van der Waals surface area contributed by atoms with E-state index in [0.29, 0.717) is 5.41 Å². The van der Waals surface area contributed by atoms with E-state index in [-0.39, 0.29) is 5.60 Å². The minimum atomic E-state index is 0.00219. The first-order valence-corrected chi connectivity index (χ1v) is 6.08. The van der Waals surface area contributed by atoms with Crippen LogP contribution >= 0.6 is 11.6 Å². The van der Waals surface area contributed by atoms with Gasteiger partial charge < -0.3 is 4.74 Å². The predicted octanol–water partition coefficient (Wildman–Crippen LogP) is 3.85. The van der Waals surface area contributed by atoms with Crippen molar-refractivity contribution in [1.29, 1.82) is 0 Å². The summed E-state index contributed by atoms with van der Waals surface area (Å²) in [6.07, 6.45) is 5.03. The second-order valence-corrected chi connectivity index (χ2v) is 5.79. The van der Waals surface area contributed by atoms with E-state index >= 15 is 0 Å². The molecule has 0 aromatic rings. The standard InChI is InChI=1S/C12H23ClO/c1-11(2,14-4)7-8-12(3,9-13)10-5-6-10/h10H,5-9H2,1-4H3. The second-order valence-electron chi connectivity index (χ2n) is 5.53. The molecule has 0 radical (unpaired) electrons. The Morgan fingerprint density at radius 3 is 2.14 bits per heavy atom. The molecule has 1 atom stereocenters. The molecular formula is C12H23ClO. The van der Waals surface area contributed by atoms with Gasteiger partial charge in [0.1, 0.15) is 0 Å². The van der Waals surface area contributed by atoms with Crippen LogP contribution in [0.15, 0.2) is 0 Å². The molecule has 1 aliphatic rings. The lowest BCUT2D eigenvalue weighted by Gasteiger charge is -2.32. The van der Waals surface area contributed by atoms with Gasteiger partial charge in [0.15, 0.2) is 0 Å². The van der Waals surface area contributed by atoms with Gasteiger partial charge in [-0.2, -0.15) is 0 Å². The van der Waals surface area contributed by atoms with Gasteiger partial charge in [-0.3, -0.25) is 0 Å². The Hall–Kier alpha value is 0.250. The van der Waals surface area contributed by atoms with Gasteiger partial charge in [-0.1, -0.05) is 6.92 Å². The first kappa shape index (κ1) is 12.3. The fourth-order valence-electron chi connectivity index (χ4n) is 1.85. The normalized spacial score (nSPS) is 22.1. The number of halogens is 1. The topological polar surface area (TPSA) is 9.23 Å². The number of ether oxygens (including phenoxy) is 1. The first-order valence-electron chi connectivity index (χ1n) is 5.55. The Labute approximate surface area is 93.2 Å². The van der Waals surface area contributed by atoms with Crippen molar-refractivity contribution in [3.8, 4) is 0 Å². The molecule has 1 rings (SSSR count). The van der Waals surface area contributed by atoms with Crippen LogP contribution in [0.5, 0.6) is 0 Å². The minimum absolute atomic E-state index is 0.00219. The van der Waals surface area contributed by atoms with Crippen LogP contribution in [-0.4, -0.2) is 18.6 Å². The highest BCUT2D eigenvalue weighted by molar-refractivity contribution is 6.18. The summed E-state index contributed by atoms with van der Waals surface area (Å²) in [6, 6.07) is 0. The molecule has 0 heterocycles. The highest BCUT2D eigenvalue weighted by Crippen LogP contribution is 2.49. The molecule has 0 N–H and O–H groups in total. The quantitative estimate of drug-likeness (QED) is 0.616. The van der Waals surface area contributed by atoms with Crippen molar-refractivity contribution in [3.05, 3.63) is 0 Å². The molecule has 0 aliphatic heterocycles. The van der Waals surface area contributed by atoms with Gasteiger partial charge in [-0.05, 0) is 50.9 Å². The van der Waals surface area contributed by atoms with Crippen molar-refractivity contribution in [2.24, 2.45) is 11.3 Å². The summed E-state index contributed by atoms with van der Waals surface area (Å²) in [6.45, 7) is 6.62. The molecule has 1 nitrogen and oxygen atoms in total. The Balaban J connectivity index is 2.41. The minimum Gasteiger partial charge on any atom is -0.379 e. The van der Waals surface area contributed by atoms with Crippen LogP contribution in [0.1, 0.15) is 46.5 Å². The molecule has 1 aliphatic carbocycles. The first-order chi connectivity index (χ1) is 6.43. The van der Waals surface area contributed by atoms with Gasteiger partial charge in [0.25, 0.3) is 0 Å². The zero-order valence-electron chi connectivity index (χ0n) is 9.90. The highest BCUT2D eigenvalue weighted by Gasteiger charge is 2.41. The van der Waals surface area contributed by atoms with Crippen molar-refractivity contribution in [2.75, 3.05) is 13.0 Å². The van der Waals surface area contributed by atoms with E-state index in [9.17, 15) is 0 Å². The van der Waals surface area contributed by atoms with Gasteiger partial charge in [-0.15, -0.1) is 11.6 Å². The number of rotatable bonds is 6. The summed E-state index contributed by atoms with van der Waals surface area (Å²) >= 11 is 6.07. The number of methoxy groups -OCH3 is 1. The average molecular weight is 219 g/mol. The lowest BCUT2D eigenvalue weighted by Crippen LogP contribution is -2.29. The van der Waals surface area contributed by atoms with E-state index in [4.69, 9.17) is 16.3 Å². The lowest BCUT2D eigenvalue weighted by molar-refractivity contribution is 0.00458. The molecule has 1 unspecified atom stereocenters. The molecule has 1 saturated carbocycles. The van der Waals surface area contributed by atoms with Crippen LogP contribution in [0.25, 0.3) is 0 Å². The SMILES string of the molecule is COC(C)(C)CCC(C)(CCl)C1CC1. The predicted molar refractivity (Wildman–Crippen MR) is 61.9 cm³/mol. The maximum atomic E-state index is 6.07. The van der Waals surface area contributed by atoms with Crippen molar-refractivity contribution in [3.63, 3.8) is 0 Å². The zero-order chi connectivity index (χ0) is 10.8. The fourth-order valence-corrected chi connectivity index (χ4v) is 2.20. The zero-order valence-corrected chi connectivity index (χ0v) is 10.7. The molecule has 1 fully saturated rings. The van der Waals surface area contributed by atoms with E-state index in [1.807, 2.05) is 0 Å². The Morgan fingerprint density at radius 1 is 1.21 bits per heavy atom. The average Bonchev–Trinajstić information content (AvgIpc) is 2.98. The monoisotopic (exact) mass is 218 g/mol. The molecule has 0 aromatic carbocycles. The summed E-state index contributed by atoms with van der Waals surface area (Å²) in [5, 5.41) is 0. The Morgan fingerprint density at radius 2 is 1.79 bits per heavy atom. The Kier molecular flexibility index (Phi) is 3.87. The van der Waals surface area contributed by atoms with Crippen molar-refractivity contribution in [1.82, 2.24) is 0 Å². The summed E-state index contributed by atoms with van der Waals surface area (Å²) in [5.41, 5.74) is 0.347. The van der Waals surface area contributed by atoms with Gasteiger partial charge in [-0.25, -0.2) is 0 Å². The maximum Gasteiger partial charge on any atom is 0.0623 e. The van der Waals surface area contributed by atoms with Crippen molar-refractivity contribution in [2.45, 2.75) is 52.1 Å². The summed E-state index contributed by atoms with van der Waals surface area (Å²) in [4.78, 5) is 0. The molecule has 84 valence electrons. The molecule has 2 heteroatoms. The summed E-state index contributed by atoms with van der Waals surface area (Å²) in [7, 11) is 1.79. The van der Waals surface area contributed by atoms with Gasteiger partial charge in [0.05, 0.1) is 5.60 Å². The number of alkyl halides is 1. The highest BCUT2D eigenvalue weighted by atomic mass is 35.5. The van der Waals surface area contributed by atoms with Crippen LogP contribution < -0.4 is 0 Å². The van der Waals surface area contributed by atoms with Crippen LogP contribution in [0.2, 0.25) is 0 Å². The summed E-state index contributed by atoms with van der Waals surface area (Å²) in [5.74, 6) is 1.66. The molecule has 0 spiro atoms. The van der Waals surface area contributed by atoms with E-state index in [1.54, 1.807) is 7.11 Å². The van der Waals surface area contributed by atoms with Crippen molar-refractivity contribution >= 4 is 11.6 Å². The molecular weight excluding hydrogens is 196 g/mol. The van der Waals surface area contributed by atoms with Gasteiger partial charge in [0.2, 0.25) is 0 Å². The van der Waals surface area contributed by atoms with Crippen LogP contribution in [0.3, 0.4) is 0 Å². The van der Waals surface area contributed by atoms with Crippen LogP contribution in [0, 0.1) is 11.3 Å². The molecule has 0 amide bonds. The van der Waals surface area contributed by atoms with E-state index in [2.05, 4.69) is 20.8 Å². The lowest BCUT2D eigenvalue weighted by atomic mass is 9.80. The van der Waals surface area contributed by atoms with Gasteiger partial charge >= 0.3 is 0 Å². The smallest absolute Gasteiger partial charge is 0.0623 e.